The molecule has 0 aromatic heterocycles. The lowest BCUT2D eigenvalue weighted by atomic mass is 10.1. The van der Waals surface area contributed by atoms with E-state index in [9.17, 15) is 31.0 Å². The van der Waals surface area contributed by atoms with Gasteiger partial charge in [-0.15, -0.1) is 5.11 Å². The van der Waals surface area contributed by atoms with Crippen molar-refractivity contribution >= 4 is 59.4 Å². The fourth-order valence-corrected chi connectivity index (χ4v) is 4.26. The van der Waals surface area contributed by atoms with Gasteiger partial charge in [-0.2, -0.15) is 15.3 Å². The molecule has 16 heteroatoms. The van der Waals surface area contributed by atoms with E-state index in [0.717, 1.165) is 18.2 Å². The zero-order chi connectivity index (χ0) is 26.1. The molecule has 38 heavy (non-hydrogen) atoms. The van der Waals surface area contributed by atoms with Crippen molar-refractivity contribution in [2.24, 2.45) is 20.5 Å². The maximum absolute atomic E-state index is 11.8. The molecule has 0 radical (unpaired) electrons. The number of quaternary nitrogens is 2. The molecular weight excluding hydrogens is 538 g/mol. The third-order valence-electron chi connectivity index (χ3n) is 4.87. The van der Waals surface area contributed by atoms with E-state index in [2.05, 4.69) is 20.5 Å². The molecule has 0 saturated carbocycles. The number of fused-ring (bicyclic) bond motifs is 1. The lowest BCUT2D eigenvalue weighted by molar-refractivity contribution is 0.458. The molecule has 0 saturated heterocycles. The van der Waals surface area contributed by atoms with Crippen LogP contribution in [0.4, 0.5) is 28.4 Å². The number of phenols is 1. The summed E-state index contributed by atoms with van der Waals surface area (Å²) in [4.78, 5) is -1.13. The number of hydrogen-bond donors (Lipinski definition) is 4. The number of benzene rings is 4. The highest BCUT2D eigenvalue weighted by Gasteiger charge is 2.17. The Bertz CT molecular complexity index is 1740. The predicted molar refractivity (Wildman–Crippen MR) is 139 cm³/mol. The highest BCUT2D eigenvalue weighted by molar-refractivity contribution is 7.86. The van der Waals surface area contributed by atoms with Crippen LogP contribution in [0.5, 0.6) is 5.75 Å². The topological polar surface area (TPSA) is 283 Å². The van der Waals surface area contributed by atoms with Gasteiger partial charge in [0.15, 0.2) is 5.75 Å². The zero-order valence-electron chi connectivity index (χ0n) is 20.0. The standard InChI is InChI=1S/C22H17N5O7S2.2H3N/c23-14-1-10-19-13(11-14)12-20(36(32,33)34)21(22(19)28)27-26-16-4-2-15(3-5-16)24-25-17-6-8-18(9-7-17)35(29,30)31;;/h1-12,28H,23H2,(H,29,30,31)(H,32,33,34);2*1H3. The van der Waals surface area contributed by atoms with Crippen LogP contribution in [0.1, 0.15) is 0 Å². The molecule has 0 aliphatic rings. The Morgan fingerprint density at radius 2 is 1.13 bits per heavy atom. The molecule has 4 rings (SSSR count). The molecule has 0 heterocycles. The predicted octanol–water partition coefficient (Wildman–Crippen LogP) is 5.52. The van der Waals surface area contributed by atoms with Crippen molar-refractivity contribution in [2.75, 3.05) is 5.73 Å². The third-order valence-corrected chi connectivity index (χ3v) is 6.57. The number of phenolic OH excluding ortho intramolecular Hbond substituents is 1. The first-order valence-electron chi connectivity index (χ1n) is 9.92. The van der Waals surface area contributed by atoms with Crippen LogP contribution in [-0.2, 0) is 20.2 Å². The summed E-state index contributed by atoms with van der Waals surface area (Å²) in [5.74, 6) is -0.535. The first-order valence-corrected chi connectivity index (χ1v) is 12.7. The van der Waals surface area contributed by atoms with E-state index in [1.165, 1.54) is 54.6 Å². The maximum atomic E-state index is 11.8. The summed E-state index contributed by atoms with van der Waals surface area (Å²) in [5.41, 5.74) is 6.46. The van der Waals surface area contributed by atoms with Crippen molar-refractivity contribution in [2.45, 2.75) is 9.79 Å². The number of azo groups is 2. The number of nitrogen functional groups attached to an aromatic ring is 1. The Labute approximate surface area is 217 Å². The summed E-state index contributed by atoms with van der Waals surface area (Å²) < 4.78 is 68.2. The Hall–Kier alpha value is -4.32. The second kappa shape index (κ2) is 11.4. The average molecular weight is 562 g/mol. The first-order chi connectivity index (χ1) is 16.9. The number of rotatable bonds is 6. The van der Waals surface area contributed by atoms with Crippen molar-refractivity contribution in [3.05, 3.63) is 72.8 Å². The molecule has 0 amide bonds. The molecule has 11 N–H and O–H groups in total. The number of anilines is 1. The normalized spacial score (nSPS) is 11.9. The van der Waals surface area contributed by atoms with E-state index >= 15 is 0 Å². The van der Waals surface area contributed by atoms with Crippen LogP contribution >= 0.6 is 0 Å². The highest BCUT2D eigenvalue weighted by Crippen LogP contribution is 2.41. The summed E-state index contributed by atoms with van der Waals surface area (Å²) in [6.07, 6.45) is 0. The molecular formula is C22H23N7O7S2. The number of hydrogen-bond acceptors (Lipinski definition) is 12. The monoisotopic (exact) mass is 561 g/mol. The van der Waals surface area contributed by atoms with Gasteiger partial charge in [-0.05, 0) is 78.2 Å². The summed E-state index contributed by atoms with van der Waals surface area (Å²) in [6.45, 7) is 0. The lowest BCUT2D eigenvalue weighted by Gasteiger charge is -2.13. The van der Waals surface area contributed by atoms with Gasteiger partial charge in [0.25, 0.3) is 0 Å². The Kier molecular flexibility index (Phi) is 8.96. The van der Waals surface area contributed by atoms with Crippen LogP contribution in [-0.4, -0.2) is 31.0 Å². The van der Waals surface area contributed by atoms with Crippen LogP contribution in [0.15, 0.2) is 103 Å². The van der Waals surface area contributed by atoms with Gasteiger partial charge in [-0.3, -0.25) is 0 Å². The van der Waals surface area contributed by atoms with Crippen molar-refractivity contribution in [3.63, 3.8) is 0 Å². The minimum absolute atomic E-state index is 0. The molecule has 0 aliphatic carbocycles. The minimum Gasteiger partial charge on any atom is -0.744 e. The fraction of sp³-hybridized carbons (Fsp3) is 0. The van der Waals surface area contributed by atoms with Crippen molar-refractivity contribution in [1.29, 1.82) is 0 Å². The molecule has 0 atom stereocenters. The molecule has 0 spiro atoms. The van der Waals surface area contributed by atoms with Crippen LogP contribution in [0.3, 0.4) is 0 Å². The Morgan fingerprint density at radius 3 is 1.61 bits per heavy atom. The maximum Gasteiger partial charge on any atom is 0.152 e. The van der Waals surface area contributed by atoms with Gasteiger partial charge in [0.1, 0.15) is 25.9 Å². The molecule has 4 aromatic carbocycles. The van der Waals surface area contributed by atoms with Gasteiger partial charge in [-0.1, -0.05) is 0 Å². The fourth-order valence-electron chi connectivity index (χ4n) is 3.15. The highest BCUT2D eigenvalue weighted by atomic mass is 32.2. The van der Waals surface area contributed by atoms with Gasteiger partial charge in [0.05, 0.1) is 26.9 Å². The summed E-state index contributed by atoms with van der Waals surface area (Å²) in [7, 11) is -9.56. The second-order valence-electron chi connectivity index (χ2n) is 7.37. The molecule has 0 fully saturated rings. The van der Waals surface area contributed by atoms with Crippen LogP contribution in [0.2, 0.25) is 0 Å². The molecule has 0 bridgehead atoms. The van der Waals surface area contributed by atoms with E-state index in [1.807, 2.05) is 0 Å². The lowest BCUT2D eigenvalue weighted by Crippen LogP contribution is -1.99. The van der Waals surface area contributed by atoms with Crippen LogP contribution in [0.25, 0.3) is 10.8 Å². The van der Waals surface area contributed by atoms with E-state index in [1.54, 1.807) is 0 Å². The number of nitrogens with zero attached hydrogens (tertiary/aromatic N) is 4. The van der Waals surface area contributed by atoms with E-state index in [4.69, 9.17) is 5.73 Å². The third kappa shape index (κ3) is 6.71. The zero-order valence-corrected chi connectivity index (χ0v) is 21.6. The van der Waals surface area contributed by atoms with Crippen molar-refractivity contribution in [3.8, 4) is 5.75 Å². The largest absolute Gasteiger partial charge is 0.744 e. The van der Waals surface area contributed by atoms with Crippen molar-refractivity contribution < 1.29 is 31.0 Å². The molecule has 200 valence electrons. The van der Waals surface area contributed by atoms with Gasteiger partial charge >= 0.3 is 0 Å². The molecule has 0 unspecified atom stereocenters. The summed E-state index contributed by atoms with van der Waals surface area (Å²) in [6, 6.07) is 16.3. The van der Waals surface area contributed by atoms with E-state index in [0.29, 0.717) is 17.1 Å². The van der Waals surface area contributed by atoms with Gasteiger partial charge in [0, 0.05) is 11.1 Å². The smallest absolute Gasteiger partial charge is 0.152 e. The van der Waals surface area contributed by atoms with Gasteiger partial charge in [-0.25, -0.2) is 16.8 Å². The average Bonchev–Trinajstić information content (AvgIpc) is 2.81. The van der Waals surface area contributed by atoms with E-state index < -0.39 is 36.6 Å². The molecule has 14 nitrogen and oxygen atoms in total. The minimum atomic E-state index is -5.00. The SMILES string of the molecule is Nc1ccc2c(O)c(N=Nc3ccc(N=Nc4ccc(S(=O)(=O)[O-])cc4)cc3)c(S(=O)(=O)[O-])cc2c1.[NH4+].[NH4+]. The Morgan fingerprint density at radius 1 is 0.658 bits per heavy atom. The Balaban J connectivity index is 0.00000253. The van der Waals surface area contributed by atoms with E-state index in [-0.39, 0.29) is 33.7 Å². The second-order valence-corrected chi connectivity index (χ2v) is 10.1. The first kappa shape index (κ1) is 29.9. The van der Waals surface area contributed by atoms with Gasteiger partial charge in [0.2, 0.25) is 0 Å². The van der Waals surface area contributed by atoms with Gasteiger partial charge < -0.3 is 32.2 Å². The summed E-state index contributed by atoms with van der Waals surface area (Å²) >= 11 is 0. The quantitative estimate of drug-likeness (QED) is 0.132. The van der Waals surface area contributed by atoms with Crippen molar-refractivity contribution in [1.82, 2.24) is 12.3 Å². The number of nitrogens with two attached hydrogens (primary N) is 1. The van der Waals surface area contributed by atoms with Crippen LogP contribution < -0.4 is 18.0 Å². The number of aromatic hydroxyl groups is 1. The summed E-state index contributed by atoms with van der Waals surface area (Å²) in [5, 5.41) is 26.7. The van der Waals surface area contributed by atoms with Crippen LogP contribution in [0, 0.1) is 0 Å². The molecule has 0 aliphatic heterocycles. The molecule has 4 aromatic rings.